The highest BCUT2D eigenvalue weighted by Crippen LogP contribution is 2.44. The van der Waals surface area contributed by atoms with Gasteiger partial charge in [-0.2, -0.15) is 0 Å². The summed E-state index contributed by atoms with van der Waals surface area (Å²) in [5, 5.41) is 0. The molecule has 3 rings (SSSR count). The Morgan fingerprint density at radius 2 is 1.84 bits per heavy atom. The fourth-order valence-corrected chi connectivity index (χ4v) is 3.55. The van der Waals surface area contributed by atoms with E-state index in [1.54, 1.807) is 0 Å². The Morgan fingerprint density at radius 3 is 2.52 bits per heavy atom. The standard InChI is InChI=1S/C22H26O3/c1-15-16(2)21-19(10-11-22(4,25-21)12-13-23)17(3)20(15)24-14-18-8-6-5-7-9-18/h5-9,13H,10-12,14H2,1-4H3. The molecule has 0 bridgehead atoms. The van der Waals surface area contributed by atoms with E-state index in [0.717, 1.165) is 52.9 Å². The lowest BCUT2D eigenvalue weighted by Gasteiger charge is -2.37. The van der Waals surface area contributed by atoms with Gasteiger partial charge in [0.05, 0.1) is 0 Å². The van der Waals surface area contributed by atoms with E-state index >= 15 is 0 Å². The monoisotopic (exact) mass is 338 g/mol. The van der Waals surface area contributed by atoms with Crippen molar-refractivity contribution >= 4 is 6.29 Å². The van der Waals surface area contributed by atoms with Crippen molar-refractivity contribution in [3.8, 4) is 11.5 Å². The second-order valence-electron chi connectivity index (χ2n) is 7.21. The van der Waals surface area contributed by atoms with E-state index < -0.39 is 5.60 Å². The van der Waals surface area contributed by atoms with Crippen LogP contribution in [0.15, 0.2) is 30.3 Å². The van der Waals surface area contributed by atoms with E-state index in [-0.39, 0.29) is 0 Å². The van der Waals surface area contributed by atoms with Crippen LogP contribution in [0, 0.1) is 20.8 Å². The third kappa shape index (κ3) is 3.41. The molecule has 2 aromatic rings. The number of rotatable bonds is 5. The lowest BCUT2D eigenvalue weighted by Crippen LogP contribution is -2.37. The second kappa shape index (κ2) is 6.91. The summed E-state index contributed by atoms with van der Waals surface area (Å²) in [7, 11) is 0. The molecule has 132 valence electrons. The molecular weight excluding hydrogens is 312 g/mol. The molecule has 1 aliphatic rings. The first kappa shape index (κ1) is 17.5. The van der Waals surface area contributed by atoms with Crippen molar-refractivity contribution in [2.24, 2.45) is 0 Å². The summed E-state index contributed by atoms with van der Waals surface area (Å²) in [6.45, 7) is 8.85. The third-order valence-electron chi connectivity index (χ3n) is 5.30. The number of fused-ring (bicyclic) bond motifs is 1. The number of ether oxygens (including phenoxy) is 2. The molecule has 1 heterocycles. The van der Waals surface area contributed by atoms with Crippen LogP contribution in [0.4, 0.5) is 0 Å². The van der Waals surface area contributed by atoms with E-state index in [9.17, 15) is 4.79 Å². The van der Waals surface area contributed by atoms with Crippen LogP contribution in [0.3, 0.4) is 0 Å². The van der Waals surface area contributed by atoms with Crippen molar-refractivity contribution < 1.29 is 14.3 Å². The summed E-state index contributed by atoms with van der Waals surface area (Å²) >= 11 is 0. The summed E-state index contributed by atoms with van der Waals surface area (Å²) in [6, 6.07) is 10.2. The van der Waals surface area contributed by atoms with Crippen LogP contribution in [-0.2, 0) is 17.8 Å². The van der Waals surface area contributed by atoms with Gasteiger partial charge in [-0.05, 0) is 62.8 Å². The average molecular weight is 338 g/mol. The number of carbonyl (C=O) groups is 1. The molecule has 1 unspecified atom stereocenters. The van der Waals surface area contributed by atoms with Gasteiger partial charge in [-0.25, -0.2) is 0 Å². The van der Waals surface area contributed by atoms with Gasteiger partial charge in [-0.1, -0.05) is 30.3 Å². The molecule has 0 fully saturated rings. The number of aldehydes is 1. The quantitative estimate of drug-likeness (QED) is 0.730. The Labute approximate surface area is 150 Å². The zero-order valence-corrected chi connectivity index (χ0v) is 15.5. The molecule has 0 N–H and O–H groups in total. The van der Waals surface area contributed by atoms with Crippen LogP contribution in [0.2, 0.25) is 0 Å². The average Bonchev–Trinajstić information content (AvgIpc) is 2.60. The Morgan fingerprint density at radius 1 is 1.12 bits per heavy atom. The van der Waals surface area contributed by atoms with Gasteiger partial charge < -0.3 is 14.3 Å². The molecule has 0 amide bonds. The Balaban J connectivity index is 1.92. The molecule has 1 atom stereocenters. The highest BCUT2D eigenvalue weighted by Gasteiger charge is 2.34. The summed E-state index contributed by atoms with van der Waals surface area (Å²) in [5.74, 6) is 1.90. The first-order valence-electron chi connectivity index (χ1n) is 8.87. The maximum atomic E-state index is 11.0. The van der Waals surface area contributed by atoms with Crippen LogP contribution in [-0.4, -0.2) is 11.9 Å². The first-order valence-corrected chi connectivity index (χ1v) is 8.87. The molecule has 0 spiro atoms. The van der Waals surface area contributed by atoms with Crippen LogP contribution >= 0.6 is 0 Å². The summed E-state index contributed by atoms with van der Waals surface area (Å²) in [4.78, 5) is 11.0. The van der Waals surface area contributed by atoms with Crippen LogP contribution in [0.1, 0.15) is 47.6 Å². The second-order valence-corrected chi connectivity index (χ2v) is 7.21. The van der Waals surface area contributed by atoms with Crippen molar-refractivity contribution in [1.82, 2.24) is 0 Å². The fraction of sp³-hybridized carbons (Fsp3) is 0.409. The van der Waals surface area contributed by atoms with Gasteiger partial charge in [-0.3, -0.25) is 0 Å². The summed E-state index contributed by atoms with van der Waals surface area (Å²) < 4.78 is 12.5. The van der Waals surface area contributed by atoms with Crippen molar-refractivity contribution in [3.05, 3.63) is 58.1 Å². The highest BCUT2D eigenvalue weighted by atomic mass is 16.5. The topological polar surface area (TPSA) is 35.5 Å². The number of hydrogen-bond acceptors (Lipinski definition) is 3. The Hall–Kier alpha value is -2.29. The minimum atomic E-state index is -0.398. The predicted octanol–water partition coefficient (Wildman–Crippen LogP) is 4.86. The van der Waals surface area contributed by atoms with Gasteiger partial charge in [0.1, 0.15) is 30.0 Å². The fourth-order valence-electron chi connectivity index (χ4n) is 3.55. The maximum absolute atomic E-state index is 11.0. The van der Waals surface area contributed by atoms with Gasteiger partial charge in [0.25, 0.3) is 0 Å². The molecule has 0 radical (unpaired) electrons. The van der Waals surface area contributed by atoms with E-state index in [2.05, 4.69) is 32.9 Å². The van der Waals surface area contributed by atoms with Crippen molar-refractivity contribution in [1.29, 1.82) is 0 Å². The minimum Gasteiger partial charge on any atom is -0.488 e. The lowest BCUT2D eigenvalue weighted by atomic mass is 9.86. The van der Waals surface area contributed by atoms with E-state index in [0.29, 0.717) is 13.0 Å². The van der Waals surface area contributed by atoms with E-state index in [1.165, 1.54) is 5.56 Å². The predicted molar refractivity (Wildman–Crippen MR) is 99.5 cm³/mol. The van der Waals surface area contributed by atoms with Crippen molar-refractivity contribution in [2.45, 2.75) is 59.2 Å². The molecule has 0 saturated heterocycles. The molecule has 25 heavy (non-hydrogen) atoms. The smallest absolute Gasteiger partial charge is 0.127 e. The summed E-state index contributed by atoms with van der Waals surface area (Å²) in [5.41, 5.74) is 5.36. The normalized spacial score (nSPS) is 19.0. The van der Waals surface area contributed by atoms with Gasteiger partial charge in [0.2, 0.25) is 0 Å². The largest absolute Gasteiger partial charge is 0.488 e. The van der Waals surface area contributed by atoms with E-state index in [4.69, 9.17) is 9.47 Å². The lowest BCUT2D eigenvalue weighted by molar-refractivity contribution is -0.111. The molecule has 0 saturated carbocycles. The minimum absolute atomic E-state index is 0.398. The highest BCUT2D eigenvalue weighted by molar-refractivity contribution is 5.60. The molecule has 3 heteroatoms. The zero-order valence-electron chi connectivity index (χ0n) is 15.5. The van der Waals surface area contributed by atoms with Crippen molar-refractivity contribution in [2.75, 3.05) is 0 Å². The van der Waals surface area contributed by atoms with E-state index in [1.807, 2.05) is 25.1 Å². The van der Waals surface area contributed by atoms with Crippen LogP contribution in [0.25, 0.3) is 0 Å². The van der Waals surface area contributed by atoms with Crippen LogP contribution < -0.4 is 9.47 Å². The molecule has 3 nitrogen and oxygen atoms in total. The maximum Gasteiger partial charge on any atom is 0.127 e. The van der Waals surface area contributed by atoms with Gasteiger partial charge >= 0.3 is 0 Å². The number of benzene rings is 2. The molecule has 0 aliphatic carbocycles. The first-order chi connectivity index (χ1) is 11.9. The van der Waals surface area contributed by atoms with Gasteiger partial charge in [0.15, 0.2) is 0 Å². The van der Waals surface area contributed by atoms with Gasteiger partial charge in [-0.15, -0.1) is 0 Å². The Bertz CT molecular complexity index is 780. The molecule has 1 aliphatic heterocycles. The number of carbonyl (C=O) groups excluding carboxylic acids is 1. The zero-order chi connectivity index (χ0) is 18.0. The number of hydrogen-bond donors (Lipinski definition) is 0. The SMILES string of the molecule is Cc1c(C)c2c(c(C)c1OCc1ccccc1)CCC(C)(CC=O)O2. The third-order valence-corrected chi connectivity index (χ3v) is 5.30. The Kier molecular flexibility index (Phi) is 4.85. The summed E-state index contributed by atoms with van der Waals surface area (Å²) in [6.07, 6.45) is 3.14. The van der Waals surface area contributed by atoms with Gasteiger partial charge in [0, 0.05) is 12.0 Å². The molecule has 0 aromatic heterocycles. The van der Waals surface area contributed by atoms with Crippen LogP contribution in [0.5, 0.6) is 11.5 Å². The molecule has 2 aromatic carbocycles. The molecular formula is C22H26O3. The van der Waals surface area contributed by atoms with Crippen molar-refractivity contribution in [3.63, 3.8) is 0 Å².